The first-order valence-electron chi connectivity index (χ1n) is 12.4. The van der Waals surface area contributed by atoms with E-state index < -0.39 is 5.82 Å². The SMILES string of the molecule is CCN(c1cc(F)cc(C(=O)NCc2c(C)cc(C)[nH]c2=O)c1C)C1CC(C)N(CC)[C@H](C)C1. The fourth-order valence-corrected chi connectivity index (χ4v) is 5.66. The van der Waals surface area contributed by atoms with Crippen LogP contribution in [0.5, 0.6) is 0 Å². The number of nitrogens with zero attached hydrogens (tertiary/aromatic N) is 2. The quantitative estimate of drug-likeness (QED) is 0.627. The molecule has 1 aromatic carbocycles. The van der Waals surface area contributed by atoms with Crippen molar-refractivity contribution < 1.29 is 9.18 Å². The lowest BCUT2D eigenvalue weighted by atomic mass is 9.90. The van der Waals surface area contributed by atoms with E-state index in [1.807, 2.05) is 26.8 Å². The maximum absolute atomic E-state index is 14.8. The van der Waals surface area contributed by atoms with E-state index in [2.05, 4.69) is 47.8 Å². The first-order chi connectivity index (χ1) is 16.1. The van der Waals surface area contributed by atoms with Crippen molar-refractivity contribution in [3.63, 3.8) is 0 Å². The number of H-pyrrole nitrogens is 1. The van der Waals surface area contributed by atoms with Crippen LogP contribution in [0.3, 0.4) is 0 Å². The molecule has 3 rings (SSSR count). The molecule has 1 aliphatic rings. The number of amides is 1. The zero-order valence-corrected chi connectivity index (χ0v) is 21.6. The van der Waals surface area contributed by atoms with Gasteiger partial charge in [-0.05, 0) is 90.3 Å². The van der Waals surface area contributed by atoms with Crippen LogP contribution in [0.1, 0.15) is 73.3 Å². The number of piperidine rings is 1. The molecule has 34 heavy (non-hydrogen) atoms. The molecule has 1 amide bonds. The van der Waals surface area contributed by atoms with Crippen LogP contribution in [0.2, 0.25) is 0 Å². The number of rotatable bonds is 7. The third-order valence-corrected chi connectivity index (χ3v) is 7.32. The second kappa shape index (κ2) is 10.7. The van der Waals surface area contributed by atoms with E-state index in [1.54, 1.807) is 6.07 Å². The van der Waals surface area contributed by atoms with Crippen molar-refractivity contribution >= 4 is 11.6 Å². The molecule has 7 heteroatoms. The fraction of sp³-hybridized carbons (Fsp3) is 0.556. The van der Waals surface area contributed by atoms with Gasteiger partial charge in [0.05, 0.1) is 0 Å². The van der Waals surface area contributed by atoms with Gasteiger partial charge >= 0.3 is 0 Å². The number of carbonyl (C=O) groups excluding carboxylic acids is 1. The zero-order chi connectivity index (χ0) is 25.2. The minimum atomic E-state index is -0.430. The van der Waals surface area contributed by atoms with E-state index in [0.717, 1.165) is 48.4 Å². The molecule has 6 nitrogen and oxygen atoms in total. The highest BCUT2D eigenvalue weighted by atomic mass is 19.1. The van der Waals surface area contributed by atoms with Crippen molar-refractivity contribution in [2.24, 2.45) is 0 Å². The molecule has 1 aromatic heterocycles. The summed E-state index contributed by atoms with van der Waals surface area (Å²) in [6.07, 6.45) is 2.00. The predicted molar refractivity (Wildman–Crippen MR) is 136 cm³/mol. The van der Waals surface area contributed by atoms with Gasteiger partial charge in [0.1, 0.15) is 5.82 Å². The minimum Gasteiger partial charge on any atom is -0.368 e. The smallest absolute Gasteiger partial charge is 0.253 e. The molecule has 2 aromatic rings. The van der Waals surface area contributed by atoms with E-state index >= 15 is 0 Å². The lowest BCUT2D eigenvalue weighted by molar-refractivity contribution is 0.0946. The third kappa shape index (κ3) is 5.35. The Morgan fingerprint density at radius 2 is 1.79 bits per heavy atom. The molecule has 2 unspecified atom stereocenters. The van der Waals surface area contributed by atoms with E-state index in [-0.39, 0.29) is 24.1 Å². The Morgan fingerprint density at radius 3 is 2.35 bits per heavy atom. The van der Waals surface area contributed by atoms with Gasteiger partial charge in [0.2, 0.25) is 0 Å². The zero-order valence-electron chi connectivity index (χ0n) is 21.6. The Balaban J connectivity index is 1.86. The van der Waals surface area contributed by atoms with Crippen LogP contribution in [0.25, 0.3) is 0 Å². The highest BCUT2D eigenvalue weighted by Gasteiger charge is 2.33. The lowest BCUT2D eigenvalue weighted by Crippen LogP contribution is -2.53. The highest BCUT2D eigenvalue weighted by molar-refractivity contribution is 5.97. The maximum atomic E-state index is 14.8. The Morgan fingerprint density at radius 1 is 1.15 bits per heavy atom. The fourth-order valence-electron chi connectivity index (χ4n) is 5.66. The molecule has 1 saturated heterocycles. The molecular formula is C27H39FN4O2. The van der Waals surface area contributed by atoms with Crippen molar-refractivity contribution in [2.75, 3.05) is 18.0 Å². The van der Waals surface area contributed by atoms with Gasteiger partial charge in [-0.15, -0.1) is 0 Å². The third-order valence-electron chi connectivity index (χ3n) is 7.32. The van der Waals surface area contributed by atoms with Crippen LogP contribution < -0.4 is 15.8 Å². The van der Waals surface area contributed by atoms with Gasteiger partial charge in [-0.2, -0.15) is 0 Å². The molecule has 1 aliphatic heterocycles. The average molecular weight is 471 g/mol. The van der Waals surface area contributed by atoms with Crippen LogP contribution >= 0.6 is 0 Å². The first-order valence-corrected chi connectivity index (χ1v) is 12.4. The molecule has 2 N–H and O–H groups in total. The van der Waals surface area contributed by atoms with Crippen molar-refractivity contribution in [2.45, 2.75) is 86.0 Å². The van der Waals surface area contributed by atoms with Gasteiger partial charge in [0, 0.05) is 53.7 Å². The van der Waals surface area contributed by atoms with E-state index in [0.29, 0.717) is 23.2 Å². The summed E-state index contributed by atoms with van der Waals surface area (Å²) in [5, 5.41) is 2.82. The van der Waals surface area contributed by atoms with Crippen LogP contribution in [0.4, 0.5) is 10.1 Å². The van der Waals surface area contributed by atoms with Crippen molar-refractivity contribution in [3.05, 3.63) is 62.3 Å². The summed E-state index contributed by atoms with van der Waals surface area (Å²) >= 11 is 0. The molecule has 0 bridgehead atoms. The number of benzene rings is 1. The molecule has 3 atom stereocenters. The summed E-state index contributed by atoms with van der Waals surface area (Å²) in [6, 6.07) is 5.88. The lowest BCUT2D eigenvalue weighted by Gasteiger charge is -2.46. The first kappa shape index (κ1) is 25.9. The molecule has 1 fully saturated rings. The largest absolute Gasteiger partial charge is 0.368 e. The molecule has 0 spiro atoms. The summed E-state index contributed by atoms with van der Waals surface area (Å²) in [6.45, 7) is 16.2. The van der Waals surface area contributed by atoms with Crippen LogP contribution in [0.15, 0.2) is 23.0 Å². The summed E-state index contributed by atoms with van der Waals surface area (Å²) < 4.78 is 14.8. The van der Waals surface area contributed by atoms with E-state index in [4.69, 9.17) is 0 Å². The molecule has 0 radical (unpaired) electrons. The van der Waals surface area contributed by atoms with E-state index in [9.17, 15) is 14.0 Å². The summed E-state index contributed by atoms with van der Waals surface area (Å²) in [5.74, 6) is -0.808. The van der Waals surface area contributed by atoms with Crippen LogP contribution in [-0.4, -0.2) is 47.0 Å². The predicted octanol–water partition coefficient (Wildman–Crippen LogP) is 4.46. The number of likely N-dealkylation sites (tertiary alicyclic amines) is 1. The number of anilines is 1. The Hall–Kier alpha value is -2.67. The molecule has 2 heterocycles. The number of pyridine rings is 1. The summed E-state index contributed by atoms with van der Waals surface area (Å²) in [4.78, 5) is 32.9. The van der Waals surface area contributed by atoms with Gasteiger partial charge in [-0.1, -0.05) is 6.92 Å². The number of aryl methyl sites for hydroxylation is 2. The maximum Gasteiger partial charge on any atom is 0.253 e. The van der Waals surface area contributed by atoms with Gasteiger partial charge < -0.3 is 15.2 Å². The van der Waals surface area contributed by atoms with Gasteiger partial charge in [0.15, 0.2) is 0 Å². The number of hydrogen-bond acceptors (Lipinski definition) is 4. The number of carbonyl (C=O) groups is 1. The van der Waals surface area contributed by atoms with Crippen LogP contribution in [-0.2, 0) is 6.54 Å². The van der Waals surface area contributed by atoms with Crippen molar-refractivity contribution in [3.8, 4) is 0 Å². The number of nitrogens with one attached hydrogen (secondary N) is 2. The Bertz CT molecular complexity index is 1080. The molecule has 0 aliphatic carbocycles. The minimum absolute atomic E-state index is 0.0908. The van der Waals surface area contributed by atoms with Crippen molar-refractivity contribution in [1.29, 1.82) is 0 Å². The molecular weight excluding hydrogens is 431 g/mol. The summed E-state index contributed by atoms with van der Waals surface area (Å²) in [5.41, 5.74) is 3.72. The number of aromatic amines is 1. The van der Waals surface area contributed by atoms with E-state index in [1.165, 1.54) is 6.07 Å². The number of hydrogen-bond donors (Lipinski definition) is 2. The average Bonchev–Trinajstić information content (AvgIpc) is 2.75. The monoisotopic (exact) mass is 470 g/mol. The van der Waals surface area contributed by atoms with Crippen molar-refractivity contribution in [1.82, 2.24) is 15.2 Å². The molecule has 186 valence electrons. The Kier molecular flexibility index (Phi) is 8.18. The second-order valence-corrected chi connectivity index (χ2v) is 9.66. The van der Waals surface area contributed by atoms with Gasteiger partial charge in [-0.25, -0.2) is 4.39 Å². The number of aromatic nitrogens is 1. The standard InChI is InChI=1S/C27H39FN4O2/c1-8-31-18(5)11-22(12-19(31)6)32(9-2)25-14-21(28)13-23(20(25)7)26(33)29-15-24-16(3)10-17(4)30-27(24)34/h10,13-14,18-19,22H,8-9,11-12,15H2,1-7H3,(H,29,33)(H,30,34)/t18-,19?,22?/m1/s1. The number of halogens is 1. The van der Waals surface area contributed by atoms with Crippen LogP contribution in [0, 0.1) is 26.6 Å². The normalized spacial score (nSPS) is 20.9. The van der Waals surface area contributed by atoms with Gasteiger partial charge in [-0.3, -0.25) is 14.5 Å². The highest BCUT2D eigenvalue weighted by Crippen LogP contribution is 2.33. The van der Waals surface area contributed by atoms with Gasteiger partial charge in [0.25, 0.3) is 11.5 Å². The molecule has 0 saturated carbocycles. The summed E-state index contributed by atoms with van der Waals surface area (Å²) in [7, 11) is 0. The Labute approximate surface area is 202 Å². The second-order valence-electron chi connectivity index (χ2n) is 9.66. The topological polar surface area (TPSA) is 68.4 Å².